The van der Waals surface area contributed by atoms with E-state index in [9.17, 15) is 23.3 Å². The van der Waals surface area contributed by atoms with Gasteiger partial charge in [-0.2, -0.15) is 0 Å². The smallest absolute Gasteiger partial charge is 0.269 e. The van der Waals surface area contributed by atoms with Gasteiger partial charge in [-0.3, -0.25) is 20.3 Å². The van der Waals surface area contributed by atoms with E-state index in [1.54, 1.807) is 19.1 Å². The Morgan fingerprint density at radius 2 is 1.92 bits per heavy atom. The lowest BCUT2D eigenvalue weighted by atomic mass is 10.3. The summed E-state index contributed by atoms with van der Waals surface area (Å²) in [6.45, 7) is 4.80. The quantitative estimate of drug-likeness (QED) is 0.344. The number of nitrogens with one attached hydrogen (secondary N) is 3. The highest BCUT2D eigenvalue weighted by Crippen LogP contribution is 2.15. The van der Waals surface area contributed by atoms with Crippen LogP contribution in [0.2, 0.25) is 0 Å². The van der Waals surface area contributed by atoms with Crippen molar-refractivity contribution < 1.29 is 18.1 Å². The van der Waals surface area contributed by atoms with Crippen molar-refractivity contribution in [1.82, 2.24) is 15.6 Å². The van der Waals surface area contributed by atoms with Gasteiger partial charge in [-0.25, -0.2) is 13.1 Å². The van der Waals surface area contributed by atoms with Crippen molar-refractivity contribution >= 4 is 21.6 Å². The number of amides is 1. The van der Waals surface area contributed by atoms with Crippen molar-refractivity contribution in [2.75, 3.05) is 6.54 Å². The van der Waals surface area contributed by atoms with E-state index in [1.165, 1.54) is 0 Å². The second-order valence-corrected chi connectivity index (χ2v) is 6.43. The van der Waals surface area contributed by atoms with E-state index >= 15 is 0 Å². The van der Waals surface area contributed by atoms with Crippen molar-refractivity contribution in [2.24, 2.45) is 0 Å². The first-order valence-electron chi connectivity index (χ1n) is 6.83. The molecule has 0 aliphatic heterocycles. The van der Waals surface area contributed by atoms with Gasteiger partial charge >= 0.3 is 0 Å². The van der Waals surface area contributed by atoms with Gasteiger partial charge in [-0.05, 0) is 25.5 Å². The van der Waals surface area contributed by atoms with Crippen LogP contribution in [0.3, 0.4) is 0 Å². The van der Waals surface area contributed by atoms with Crippen LogP contribution in [0.15, 0.2) is 53.6 Å². The highest BCUT2D eigenvalue weighted by Gasteiger charge is 2.16. The average molecular weight is 354 g/mol. The Bertz CT molecular complexity index is 741. The number of hydrogen-bond donors (Lipinski definition) is 3. The molecule has 0 aromatic heterocycles. The predicted octanol–water partition coefficient (Wildman–Crippen LogP) is 0.974. The van der Waals surface area contributed by atoms with E-state index in [4.69, 9.17) is 0 Å². The molecule has 0 fully saturated rings. The number of nitro benzene ring substituents is 1. The van der Waals surface area contributed by atoms with Crippen molar-refractivity contribution in [2.45, 2.75) is 18.2 Å². The molecule has 0 saturated carbocycles. The number of carbonyl (C=O) groups excluding carboxylic acids is 1. The number of allylic oxidation sites excluding steroid dienone is 3. The monoisotopic (exact) mass is 354 g/mol. The van der Waals surface area contributed by atoms with Crippen molar-refractivity contribution in [3.63, 3.8) is 0 Å². The first-order chi connectivity index (χ1) is 11.3. The molecular formula is C14H18N4O5S. The van der Waals surface area contributed by atoms with Crippen LogP contribution in [0, 0.1) is 10.1 Å². The van der Waals surface area contributed by atoms with Gasteiger partial charge in [0.2, 0.25) is 10.0 Å². The lowest BCUT2D eigenvalue weighted by Crippen LogP contribution is -2.43. The largest absolute Gasteiger partial charge is 0.303 e. The van der Waals surface area contributed by atoms with Gasteiger partial charge in [0.25, 0.3) is 11.6 Å². The maximum Gasteiger partial charge on any atom is 0.269 e. The van der Waals surface area contributed by atoms with E-state index in [0.717, 1.165) is 24.3 Å². The van der Waals surface area contributed by atoms with E-state index in [2.05, 4.69) is 22.2 Å². The molecule has 0 aliphatic rings. The molecule has 24 heavy (non-hydrogen) atoms. The molecule has 1 aromatic rings. The number of hydrazine groups is 1. The minimum Gasteiger partial charge on any atom is -0.303 e. The molecule has 0 bridgehead atoms. The Hall–Kier alpha value is -2.72. The molecule has 1 amide bonds. The first-order valence-corrected chi connectivity index (χ1v) is 8.31. The molecule has 1 aromatic carbocycles. The van der Waals surface area contributed by atoms with E-state index in [-0.39, 0.29) is 10.6 Å². The summed E-state index contributed by atoms with van der Waals surface area (Å²) in [4.78, 5) is 21.3. The second kappa shape index (κ2) is 8.79. The van der Waals surface area contributed by atoms with Gasteiger partial charge in [-0.1, -0.05) is 12.2 Å². The number of nitro groups is 1. The topological polar surface area (TPSA) is 130 Å². The van der Waals surface area contributed by atoms with Crippen LogP contribution in [0.5, 0.6) is 0 Å². The van der Waals surface area contributed by atoms with Gasteiger partial charge in [0.05, 0.1) is 16.4 Å². The Balaban J connectivity index is 2.57. The maximum absolute atomic E-state index is 12.0. The Morgan fingerprint density at radius 3 is 2.46 bits per heavy atom. The zero-order valence-electron chi connectivity index (χ0n) is 13.0. The highest BCUT2D eigenvalue weighted by molar-refractivity contribution is 7.89. The third-order valence-corrected chi connectivity index (χ3v) is 4.19. The summed E-state index contributed by atoms with van der Waals surface area (Å²) in [6.07, 6.45) is 4.10. The lowest BCUT2D eigenvalue weighted by molar-refractivity contribution is -0.384. The zero-order valence-corrected chi connectivity index (χ0v) is 13.8. The number of nitrogens with zero attached hydrogens (tertiary/aromatic N) is 1. The van der Waals surface area contributed by atoms with Crippen molar-refractivity contribution in [3.05, 3.63) is 58.8 Å². The fourth-order valence-corrected chi connectivity index (χ4v) is 2.50. The molecule has 3 N–H and O–H groups in total. The fourth-order valence-electron chi connectivity index (χ4n) is 1.51. The molecule has 0 atom stereocenters. The molecule has 1 rings (SSSR count). The lowest BCUT2D eigenvalue weighted by Gasteiger charge is -2.10. The van der Waals surface area contributed by atoms with Gasteiger partial charge in [-0.15, -0.1) is 6.58 Å². The molecular weight excluding hydrogens is 336 g/mol. The number of sulfonamides is 1. The summed E-state index contributed by atoms with van der Waals surface area (Å²) in [7, 11) is -3.94. The maximum atomic E-state index is 12.0. The molecule has 0 unspecified atom stereocenters. The summed E-state index contributed by atoms with van der Waals surface area (Å²) in [5.41, 5.74) is 5.41. The second-order valence-electron chi connectivity index (χ2n) is 4.66. The van der Waals surface area contributed by atoms with E-state index < -0.39 is 27.4 Å². The van der Waals surface area contributed by atoms with Crippen LogP contribution in [0.4, 0.5) is 5.69 Å². The van der Waals surface area contributed by atoms with Gasteiger partial charge in [0.1, 0.15) is 0 Å². The Morgan fingerprint density at radius 1 is 1.29 bits per heavy atom. The molecule has 0 radical (unpaired) electrons. The Kier molecular flexibility index (Phi) is 7.08. The summed E-state index contributed by atoms with van der Waals surface area (Å²) >= 11 is 0. The van der Waals surface area contributed by atoms with Crippen LogP contribution in [-0.2, 0) is 14.8 Å². The summed E-state index contributed by atoms with van der Waals surface area (Å²) in [5, 5.41) is 10.5. The van der Waals surface area contributed by atoms with E-state index in [0.29, 0.717) is 12.1 Å². The van der Waals surface area contributed by atoms with Crippen LogP contribution in [0.1, 0.15) is 13.3 Å². The standard InChI is InChI=1S/C14H18N4O5S/c1-3-4-5-11(2)16-17-14(19)10-15-24(22,23)13-8-6-12(7-9-13)18(20)21/h3,5-9,15-16H,1,4,10H2,2H3,(H,17,19)/b11-5-. The van der Waals surface area contributed by atoms with Crippen LogP contribution in [-0.4, -0.2) is 25.8 Å². The summed E-state index contributed by atoms with van der Waals surface area (Å²) in [5.74, 6) is -0.591. The third kappa shape index (κ3) is 6.18. The fraction of sp³-hybridized carbons (Fsp3) is 0.214. The van der Waals surface area contributed by atoms with Crippen LogP contribution in [0.25, 0.3) is 0 Å². The van der Waals surface area contributed by atoms with Crippen LogP contribution >= 0.6 is 0 Å². The number of hydrogen-bond acceptors (Lipinski definition) is 6. The minimum absolute atomic E-state index is 0.170. The van der Waals surface area contributed by atoms with Crippen molar-refractivity contribution in [3.8, 4) is 0 Å². The zero-order chi connectivity index (χ0) is 18.2. The number of non-ortho nitro benzene ring substituents is 1. The molecule has 9 nitrogen and oxygen atoms in total. The highest BCUT2D eigenvalue weighted by atomic mass is 32.2. The summed E-state index contributed by atoms with van der Waals surface area (Å²) < 4.78 is 26.1. The molecule has 0 saturated heterocycles. The summed E-state index contributed by atoms with van der Waals surface area (Å²) in [6, 6.07) is 4.34. The van der Waals surface area contributed by atoms with Crippen LogP contribution < -0.4 is 15.6 Å². The van der Waals surface area contributed by atoms with Crippen molar-refractivity contribution in [1.29, 1.82) is 0 Å². The molecule has 0 heterocycles. The van der Waals surface area contributed by atoms with Gasteiger partial charge in [0, 0.05) is 17.8 Å². The molecule has 10 heteroatoms. The van der Waals surface area contributed by atoms with Gasteiger partial charge in [0.15, 0.2) is 0 Å². The molecule has 0 spiro atoms. The predicted molar refractivity (Wildman–Crippen MR) is 88.1 cm³/mol. The average Bonchev–Trinajstić information content (AvgIpc) is 2.56. The molecule has 0 aliphatic carbocycles. The Labute approximate surface area is 139 Å². The number of rotatable bonds is 9. The SMILES string of the molecule is C=CC/C=C(/C)NNC(=O)CNS(=O)(=O)c1ccc([N+](=O)[O-])cc1. The van der Waals surface area contributed by atoms with E-state index in [1.807, 2.05) is 0 Å². The molecule has 130 valence electrons. The first kappa shape index (κ1) is 19.3. The third-order valence-electron chi connectivity index (χ3n) is 2.77. The number of benzene rings is 1. The van der Waals surface area contributed by atoms with Gasteiger partial charge < -0.3 is 5.43 Å². The number of carbonyl (C=O) groups is 1. The minimum atomic E-state index is -3.94. The normalized spacial score (nSPS) is 11.6.